The molecule has 0 radical (unpaired) electrons. The Kier molecular flexibility index (Phi) is 1.87. The molecule has 1 N–H and O–H groups in total. The molecule has 68 valence electrons. The minimum absolute atomic E-state index is 0.568. The van der Waals surface area contributed by atoms with Gasteiger partial charge in [0.2, 0.25) is 0 Å². The molecule has 0 fully saturated rings. The molecule has 1 heteroatoms. The average molecular weight is 173 g/mol. The van der Waals surface area contributed by atoms with Crippen LogP contribution in [0.25, 0.3) is 10.8 Å². The van der Waals surface area contributed by atoms with Crippen molar-refractivity contribution in [3.8, 4) is 0 Å². The van der Waals surface area contributed by atoms with E-state index in [0.29, 0.717) is 5.92 Å². The lowest BCUT2D eigenvalue weighted by Gasteiger charge is -2.01. The van der Waals surface area contributed by atoms with E-state index in [2.05, 4.69) is 50.0 Å². The van der Waals surface area contributed by atoms with Gasteiger partial charge in [0.15, 0.2) is 0 Å². The molecular weight excluding hydrogens is 158 g/mol. The molecule has 2 aromatic rings. The lowest BCUT2D eigenvalue weighted by Crippen LogP contribution is -1.87. The molecule has 13 heavy (non-hydrogen) atoms. The van der Waals surface area contributed by atoms with Crippen LogP contribution in [0.3, 0.4) is 0 Å². The zero-order valence-corrected chi connectivity index (χ0v) is 8.39. The molecular formula is C12H15N. The van der Waals surface area contributed by atoms with Crippen molar-refractivity contribution in [2.75, 3.05) is 0 Å². The second kappa shape index (κ2) is 2.91. The number of benzene rings is 1. The van der Waals surface area contributed by atoms with E-state index in [1.807, 2.05) is 0 Å². The molecule has 0 amide bonds. The molecule has 0 aliphatic rings. The monoisotopic (exact) mass is 173 g/mol. The van der Waals surface area contributed by atoms with E-state index in [-0.39, 0.29) is 0 Å². The molecule has 0 aliphatic carbocycles. The highest BCUT2D eigenvalue weighted by atomic mass is 14.7. The molecule has 1 aromatic heterocycles. The number of fused-ring (bicyclic) bond motifs is 1. The topological polar surface area (TPSA) is 15.8 Å². The summed E-state index contributed by atoms with van der Waals surface area (Å²) in [7, 11) is 0. The van der Waals surface area contributed by atoms with Gasteiger partial charge in [0.25, 0.3) is 0 Å². The van der Waals surface area contributed by atoms with Gasteiger partial charge in [-0.15, -0.1) is 0 Å². The van der Waals surface area contributed by atoms with Crippen molar-refractivity contribution in [1.29, 1.82) is 0 Å². The Bertz CT molecular complexity index is 424. The zero-order valence-electron chi connectivity index (χ0n) is 8.39. The number of rotatable bonds is 1. The van der Waals surface area contributed by atoms with E-state index in [1.54, 1.807) is 0 Å². The van der Waals surface area contributed by atoms with Gasteiger partial charge in [-0.25, -0.2) is 0 Å². The Morgan fingerprint density at radius 1 is 1.08 bits per heavy atom. The van der Waals surface area contributed by atoms with Crippen molar-refractivity contribution in [3.63, 3.8) is 0 Å². The maximum absolute atomic E-state index is 3.45. The van der Waals surface area contributed by atoms with E-state index < -0.39 is 0 Å². The quantitative estimate of drug-likeness (QED) is 0.678. The molecule has 0 saturated heterocycles. The fourth-order valence-electron chi connectivity index (χ4n) is 1.84. The zero-order chi connectivity index (χ0) is 9.42. The average Bonchev–Trinajstić information content (AvgIpc) is 2.45. The third kappa shape index (κ3) is 1.24. The van der Waals surface area contributed by atoms with Gasteiger partial charge in [0, 0.05) is 22.2 Å². The Labute approximate surface area is 78.8 Å². The highest BCUT2D eigenvalue weighted by molar-refractivity contribution is 5.88. The summed E-state index contributed by atoms with van der Waals surface area (Å²) >= 11 is 0. The molecule has 0 atom stereocenters. The Balaban J connectivity index is 2.78. The summed E-state index contributed by atoms with van der Waals surface area (Å²) in [6.07, 6.45) is 0. The summed E-state index contributed by atoms with van der Waals surface area (Å²) in [5.41, 5.74) is 2.63. The van der Waals surface area contributed by atoms with Gasteiger partial charge in [0.1, 0.15) is 0 Å². The lowest BCUT2D eigenvalue weighted by molar-refractivity contribution is 0.836. The van der Waals surface area contributed by atoms with E-state index in [9.17, 15) is 0 Å². The van der Waals surface area contributed by atoms with E-state index in [1.165, 1.54) is 22.2 Å². The van der Waals surface area contributed by atoms with Crippen LogP contribution in [-0.2, 0) is 0 Å². The van der Waals surface area contributed by atoms with Gasteiger partial charge in [-0.3, -0.25) is 0 Å². The van der Waals surface area contributed by atoms with Gasteiger partial charge in [-0.05, 0) is 12.8 Å². The summed E-state index contributed by atoms with van der Waals surface area (Å²) in [6.45, 7) is 6.57. The maximum atomic E-state index is 3.45. The highest BCUT2D eigenvalue weighted by Gasteiger charge is 2.08. The largest absolute Gasteiger partial charge is 0.361 e. The number of aryl methyl sites for hydroxylation is 1. The summed E-state index contributed by atoms with van der Waals surface area (Å²) in [4.78, 5) is 3.45. The van der Waals surface area contributed by atoms with E-state index in [4.69, 9.17) is 0 Å². The molecule has 0 saturated carbocycles. The summed E-state index contributed by atoms with van der Waals surface area (Å²) in [5.74, 6) is 0.568. The third-order valence-electron chi connectivity index (χ3n) is 2.52. The van der Waals surface area contributed by atoms with Crippen molar-refractivity contribution >= 4 is 10.8 Å². The SMILES string of the molecule is Cc1[nH]c(C(C)C)c2ccccc12. The standard InChI is InChI=1S/C12H15N/c1-8(2)12-11-7-5-4-6-10(11)9(3)13-12/h4-8,13H,1-3H3. The number of hydrogen-bond donors (Lipinski definition) is 1. The van der Waals surface area contributed by atoms with Crippen LogP contribution < -0.4 is 0 Å². The first-order valence-corrected chi connectivity index (χ1v) is 4.77. The van der Waals surface area contributed by atoms with E-state index >= 15 is 0 Å². The first kappa shape index (κ1) is 8.36. The van der Waals surface area contributed by atoms with Crippen LogP contribution in [0.15, 0.2) is 24.3 Å². The van der Waals surface area contributed by atoms with Gasteiger partial charge in [-0.2, -0.15) is 0 Å². The predicted molar refractivity (Wildman–Crippen MR) is 57.1 cm³/mol. The fraction of sp³-hybridized carbons (Fsp3) is 0.333. The van der Waals surface area contributed by atoms with Crippen molar-refractivity contribution < 1.29 is 0 Å². The van der Waals surface area contributed by atoms with Crippen molar-refractivity contribution in [1.82, 2.24) is 4.98 Å². The minimum Gasteiger partial charge on any atom is -0.361 e. The van der Waals surface area contributed by atoms with Crippen LogP contribution in [-0.4, -0.2) is 4.98 Å². The Morgan fingerprint density at radius 3 is 2.31 bits per heavy atom. The molecule has 0 bridgehead atoms. The molecule has 1 heterocycles. The van der Waals surface area contributed by atoms with Crippen LogP contribution in [0.4, 0.5) is 0 Å². The summed E-state index contributed by atoms with van der Waals surface area (Å²) < 4.78 is 0. The first-order valence-electron chi connectivity index (χ1n) is 4.77. The Hall–Kier alpha value is -1.24. The van der Waals surface area contributed by atoms with Crippen LogP contribution in [0.2, 0.25) is 0 Å². The molecule has 1 nitrogen and oxygen atoms in total. The Morgan fingerprint density at radius 2 is 1.69 bits per heavy atom. The second-order valence-corrected chi connectivity index (χ2v) is 3.86. The van der Waals surface area contributed by atoms with E-state index in [0.717, 1.165) is 0 Å². The van der Waals surface area contributed by atoms with Crippen LogP contribution in [0.1, 0.15) is 31.2 Å². The van der Waals surface area contributed by atoms with Crippen LogP contribution in [0.5, 0.6) is 0 Å². The molecule has 1 aromatic carbocycles. The smallest absolute Gasteiger partial charge is 0.0254 e. The number of aromatic nitrogens is 1. The highest BCUT2D eigenvalue weighted by Crippen LogP contribution is 2.26. The van der Waals surface area contributed by atoms with Gasteiger partial charge < -0.3 is 4.98 Å². The van der Waals surface area contributed by atoms with Gasteiger partial charge in [0.05, 0.1) is 0 Å². The van der Waals surface area contributed by atoms with Gasteiger partial charge >= 0.3 is 0 Å². The lowest BCUT2D eigenvalue weighted by atomic mass is 10.1. The summed E-state index contributed by atoms with van der Waals surface area (Å²) in [6, 6.07) is 8.55. The molecule has 2 rings (SSSR count). The first-order chi connectivity index (χ1) is 6.20. The summed E-state index contributed by atoms with van der Waals surface area (Å²) in [5, 5.41) is 2.72. The number of aromatic amines is 1. The molecule has 0 aliphatic heterocycles. The maximum Gasteiger partial charge on any atom is 0.0254 e. The molecule has 0 unspecified atom stereocenters. The number of H-pyrrole nitrogens is 1. The van der Waals surface area contributed by atoms with Crippen molar-refractivity contribution in [2.24, 2.45) is 0 Å². The van der Waals surface area contributed by atoms with Crippen molar-refractivity contribution in [3.05, 3.63) is 35.7 Å². The van der Waals surface area contributed by atoms with Crippen LogP contribution in [0, 0.1) is 6.92 Å². The normalized spacial score (nSPS) is 11.4. The fourth-order valence-corrected chi connectivity index (χ4v) is 1.84. The second-order valence-electron chi connectivity index (χ2n) is 3.86. The molecule has 0 spiro atoms. The third-order valence-corrected chi connectivity index (χ3v) is 2.52. The van der Waals surface area contributed by atoms with Crippen LogP contribution >= 0.6 is 0 Å². The van der Waals surface area contributed by atoms with Gasteiger partial charge in [-0.1, -0.05) is 38.1 Å². The minimum atomic E-state index is 0.568. The number of nitrogens with one attached hydrogen (secondary N) is 1. The predicted octanol–water partition coefficient (Wildman–Crippen LogP) is 3.60. The van der Waals surface area contributed by atoms with Crippen molar-refractivity contribution in [2.45, 2.75) is 26.7 Å². The number of hydrogen-bond acceptors (Lipinski definition) is 0.